The number of esters is 1. The van der Waals surface area contributed by atoms with Crippen LogP contribution in [0.2, 0.25) is 0 Å². The zero-order valence-electron chi connectivity index (χ0n) is 39.7. The molecule has 0 aromatic heterocycles. The number of aliphatic carboxylic acids is 1. The SMILES string of the molecule is CC(C)C1=C2[C@H]3CC[C@@H]4[C@@]5(C)CC[C@H](OC(=O)[C@H]6C[C@@H](C(=O)O)C6(C)C)C(C)(C)[C@@H]5CC[C@@]4(C)[C@]3(C)CC[C@@]2([C@@H](O)CNCC(C)(C)NC(=O)CN2CCS(=O)(=O)CC2)CC1=O. The standard InChI is InChI=1S/C49H79N3O9S/c1-29(2)39-33(53)25-49(36(54)26-50-28-43(3,4)51-38(55)27-52-20-22-62(59,60)23-21-52)19-18-47(10)30(40(39)49)12-13-35-46(9)16-15-37(45(7,8)34(46)14-17-48(35,47)11)61-42(58)32-24-31(41(56)57)44(32,5)6/h29-32,34-37,50,54H,12-28H2,1-11H3,(H,51,55)(H,56,57)/t30-,31+,32-,34+,35-,36+,37+,46+,47-,48-,49+/m1/s1. The van der Waals surface area contributed by atoms with E-state index in [4.69, 9.17) is 4.74 Å². The van der Waals surface area contributed by atoms with Gasteiger partial charge in [-0.25, -0.2) is 8.42 Å². The summed E-state index contributed by atoms with van der Waals surface area (Å²) in [6, 6.07) is 0. The second-order valence-corrected chi connectivity index (χ2v) is 26.4. The summed E-state index contributed by atoms with van der Waals surface area (Å²) < 4.78 is 30.1. The van der Waals surface area contributed by atoms with Crippen molar-refractivity contribution in [3.63, 3.8) is 0 Å². The average Bonchev–Trinajstić information content (AvgIpc) is 3.46. The number of rotatable bonds is 12. The van der Waals surface area contributed by atoms with Crippen molar-refractivity contribution >= 4 is 33.5 Å². The molecule has 1 heterocycles. The van der Waals surface area contributed by atoms with E-state index in [-0.39, 0.29) is 75.3 Å². The molecule has 7 rings (SSSR count). The topological polar surface area (TPSA) is 179 Å². The second-order valence-electron chi connectivity index (χ2n) is 24.1. The van der Waals surface area contributed by atoms with Crippen LogP contribution >= 0.6 is 0 Å². The molecule has 0 radical (unpaired) electrons. The summed E-state index contributed by atoms with van der Waals surface area (Å²) in [6.45, 7) is 25.6. The number of allylic oxidation sites excluding steroid dienone is 1. The molecule has 7 aliphatic rings. The van der Waals surface area contributed by atoms with Crippen LogP contribution in [0.5, 0.6) is 0 Å². The molecular weight excluding hydrogens is 807 g/mol. The van der Waals surface area contributed by atoms with Crippen LogP contribution in [0.25, 0.3) is 0 Å². The fourth-order valence-electron chi connectivity index (χ4n) is 15.5. The first-order valence-corrected chi connectivity index (χ1v) is 25.7. The minimum absolute atomic E-state index is 0.00331. The summed E-state index contributed by atoms with van der Waals surface area (Å²) in [4.78, 5) is 54.6. The van der Waals surface area contributed by atoms with Gasteiger partial charge in [-0.3, -0.25) is 24.1 Å². The molecule has 0 bridgehead atoms. The van der Waals surface area contributed by atoms with Crippen molar-refractivity contribution in [3.8, 4) is 0 Å². The van der Waals surface area contributed by atoms with Crippen LogP contribution in [0.15, 0.2) is 11.1 Å². The first kappa shape index (κ1) is 47.6. The van der Waals surface area contributed by atoms with E-state index < -0.39 is 50.1 Å². The van der Waals surface area contributed by atoms with Crippen LogP contribution in [0.4, 0.5) is 0 Å². The third kappa shape index (κ3) is 7.64. The predicted molar refractivity (Wildman–Crippen MR) is 239 cm³/mol. The molecule has 1 aliphatic heterocycles. The van der Waals surface area contributed by atoms with Gasteiger partial charge in [0.25, 0.3) is 0 Å². The first-order chi connectivity index (χ1) is 28.6. The number of nitrogens with one attached hydrogen (secondary N) is 2. The molecule has 62 heavy (non-hydrogen) atoms. The Hall–Kier alpha value is -2.35. The summed E-state index contributed by atoms with van der Waals surface area (Å²) in [5, 5.41) is 28.6. The van der Waals surface area contributed by atoms with E-state index >= 15 is 0 Å². The van der Waals surface area contributed by atoms with E-state index in [2.05, 4.69) is 59.1 Å². The van der Waals surface area contributed by atoms with Gasteiger partial charge in [0.15, 0.2) is 15.6 Å². The molecule has 0 aromatic rings. The molecule has 6 aliphatic carbocycles. The highest BCUT2D eigenvalue weighted by Crippen LogP contribution is 2.77. The molecule has 1 amide bonds. The number of hydrogen-bond acceptors (Lipinski definition) is 10. The van der Waals surface area contributed by atoms with Crippen molar-refractivity contribution < 1.29 is 42.5 Å². The van der Waals surface area contributed by atoms with Gasteiger partial charge in [-0.05, 0) is 123 Å². The molecule has 11 atom stereocenters. The van der Waals surface area contributed by atoms with Gasteiger partial charge in [0.05, 0.1) is 36.0 Å². The number of ether oxygens (including phenoxy) is 1. The lowest BCUT2D eigenvalue weighted by Gasteiger charge is -2.72. The van der Waals surface area contributed by atoms with Crippen LogP contribution in [0, 0.1) is 68.0 Å². The Morgan fingerprint density at radius 3 is 2.15 bits per heavy atom. The van der Waals surface area contributed by atoms with Crippen LogP contribution in [-0.2, 0) is 33.8 Å². The zero-order valence-corrected chi connectivity index (χ0v) is 40.6. The summed E-state index contributed by atoms with van der Waals surface area (Å²) >= 11 is 0. The highest BCUT2D eigenvalue weighted by Gasteiger charge is 2.71. The zero-order chi connectivity index (χ0) is 45.8. The third-order valence-corrected chi connectivity index (χ3v) is 21.0. The molecule has 350 valence electrons. The van der Waals surface area contributed by atoms with E-state index in [1.54, 1.807) is 0 Å². The van der Waals surface area contributed by atoms with Gasteiger partial charge >= 0.3 is 11.9 Å². The molecule has 4 N–H and O–H groups in total. The Bertz CT molecular complexity index is 1960. The molecule has 5 saturated carbocycles. The maximum Gasteiger partial charge on any atom is 0.309 e. The second kappa shape index (κ2) is 15.9. The number of amides is 1. The minimum atomic E-state index is -3.03. The fraction of sp³-hybridized carbons (Fsp3) is 0.878. The van der Waals surface area contributed by atoms with Gasteiger partial charge in [-0.1, -0.05) is 67.9 Å². The number of Topliss-reactive ketones (excluding diaryl/α,β-unsaturated/α-hetero) is 1. The van der Waals surface area contributed by atoms with Gasteiger partial charge in [0.2, 0.25) is 5.91 Å². The summed E-state index contributed by atoms with van der Waals surface area (Å²) in [6.07, 6.45) is 7.22. The number of carboxylic acids is 1. The molecule has 12 nitrogen and oxygen atoms in total. The lowest BCUT2D eigenvalue weighted by molar-refractivity contribution is -0.238. The van der Waals surface area contributed by atoms with Gasteiger partial charge in [-0.15, -0.1) is 0 Å². The number of hydrogen-bond donors (Lipinski definition) is 4. The van der Waals surface area contributed by atoms with Gasteiger partial charge in [0.1, 0.15) is 6.10 Å². The highest BCUT2D eigenvalue weighted by molar-refractivity contribution is 7.91. The van der Waals surface area contributed by atoms with Crippen molar-refractivity contribution in [2.45, 2.75) is 158 Å². The molecular formula is C49H79N3O9S. The monoisotopic (exact) mass is 886 g/mol. The summed E-state index contributed by atoms with van der Waals surface area (Å²) in [7, 11) is -3.03. The number of carboxylic acid groups (broad SMARTS) is 1. The largest absolute Gasteiger partial charge is 0.481 e. The molecule has 6 fully saturated rings. The smallest absolute Gasteiger partial charge is 0.309 e. The maximum absolute atomic E-state index is 14.2. The summed E-state index contributed by atoms with van der Waals surface area (Å²) in [5.74, 6) is -0.823. The number of carbonyl (C=O) groups is 4. The Labute approximate surface area is 371 Å². The van der Waals surface area contributed by atoms with Crippen molar-refractivity contribution in [1.82, 2.24) is 15.5 Å². The van der Waals surface area contributed by atoms with E-state index in [1.807, 2.05) is 32.6 Å². The molecule has 1 saturated heterocycles. The van der Waals surface area contributed by atoms with Crippen molar-refractivity contribution in [2.75, 3.05) is 44.2 Å². The first-order valence-electron chi connectivity index (χ1n) is 23.9. The number of aliphatic hydroxyl groups is 1. The maximum atomic E-state index is 14.2. The lowest BCUT2D eigenvalue weighted by Crippen LogP contribution is -2.66. The molecule has 0 aromatic carbocycles. The van der Waals surface area contributed by atoms with Crippen LogP contribution in [0.1, 0.15) is 140 Å². The van der Waals surface area contributed by atoms with Crippen LogP contribution in [-0.4, -0.2) is 109 Å². The van der Waals surface area contributed by atoms with Gasteiger partial charge < -0.3 is 25.6 Å². The third-order valence-electron chi connectivity index (χ3n) is 19.4. The minimum Gasteiger partial charge on any atom is -0.481 e. The van der Waals surface area contributed by atoms with Gasteiger partial charge in [0, 0.05) is 49.0 Å². The van der Waals surface area contributed by atoms with Gasteiger partial charge in [-0.2, -0.15) is 0 Å². The highest BCUT2D eigenvalue weighted by atomic mass is 32.2. The Morgan fingerprint density at radius 2 is 1.53 bits per heavy atom. The number of ketones is 1. The number of nitrogens with zero attached hydrogens (tertiary/aromatic N) is 1. The molecule has 13 heteroatoms. The lowest BCUT2D eigenvalue weighted by atomic mass is 9.33. The normalized spacial score (nSPS) is 40.3. The van der Waals surface area contributed by atoms with E-state index in [0.29, 0.717) is 50.9 Å². The molecule has 0 unspecified atom stereocenters. The van der Waals surface area contributed by atoms with Crippen molar-refractivity contribution in [3.05, 3.63) is 11.1 Å². The molecule has 0 spiro atoms. The number of aliphatic hydroxyl groups excluding tert-OH is 1. The predicted octanol–water partition coefficient (Wildman–Crippen LogP) is 6.20. The Balaban J connectivity index is 1.05. The number of sulfone groups is 1. The number of carbonyl (C=O) groups excluding carboxylic acids is 3. The van der Waals surface area contributed by atoms with Crippen LogP contribution < -0.4 is 10.6 Å². The van der Waals surface area contributed by atoms with E-state index in [9.17, 15) is 37.8 Å². The van der Waals surface area contributed by atoms with Crippen molar-refractivity contribution in [1.29, 1.82) is 0 Å². The quantitative estimate of drug-likeness (QED) is 0.164. The Morgan fingerprint density at radius 1 is 0.871 bits per heavy atom. The number of fused-ring (bicyclic) bond motifs is 7. The summed E-state index contributed by atoms with van der Waals surface area (Å²) in [5.41, 5.74) is -0.00393. The Kier molecular flexibility index (Phi) is 12.2. The van der Waals surface area contributed by atoms with Crippen molar-refractivity contribution in [2.24, 2.45) is 68.0 Å². The average molecular weight is 886 g/mol. The van der Waals surface area contributed by atoms with E-state index in [1.165, 1.54) is 5.57 Å². The van der Waals surface area contributed by atoms with E-state index in [0.717, 1.165) is 56.9 Å². The fourth-order valence-corrected chi connectivity index (χ4v) is 16.8. The van der Waals surface area contributed by atoms with Crippen LogP contribution in [0.3, 0.4) is 0 Å².